The number of hydrogen-bond acceptors (Lipinski definition) is 5. The van der Waals surface area contributed by atoms with Crippen LogP contribution >= 0.6 is 11.6 Å². The summed E-state index contributed by atoms with van der Waals surface area (Å²) in [6.07, 6.45) is 0.686. The molecule has 0 amide bonds. The molecule has 1 aliphatic rings. The Hall–Kier alpha value is -2.89. The maximum absolute atomic E-state index is 13.3. The molecular formula is C26H26ClNO4. The van der Waals surface area contributed by atoms with Gasteiger partial charge < -0.3 is 14.6 Å². The second kappa shape index (κ2) is 7.91. The molecular weight excluding hydrogens is 426 g/mol. The van der Waals surface area contributed by atoms with E-state index < -0.39 is 11.2 Å². The number of hydrogen-bond donors (Lipinski definition) is 1. The third-order valence-corrected chi connectivity index (χ3v) is 5.89. The van der Waals surface area contributed by atoms with Gasteiger partial charge in [-0.15, -0.1) is 0 Å². The SMILES string of the molecule is CCc1ccc(Oc2cc(Cl)nc3ccccc23)cc1C1=C(O)C(C)(C)OC(C)(C)C1=O. The maximum atomic E-state index is 13.3. The summed E-state index contributed by atoms with van der Waals surface area (Å²) in [5.74, 6) is 0.748. The van der Waals surface area contributed by atoms with E-state index in [9.17, 15) is 9.90 Å². The molecule has 0 radical (unpaired) electrons. The molecule has 2 heterocycles. The zero-order valence-electron chi connectivity index (χ0n) is 18.8. The van der Waals surface area contributed by atoms with Gasteiger partial charge in [0.25, 0.3) is 0 Å². The van der Waals surface area contributed by atoms with Gasteiger partial charge in [0.2, 0.25) is 0 Å². The Bertz CT molecular complexity index is 1260. The first-order valence-electron chi connectivity index (χ1n) is 10.6. The van der Waals surface area contributed by atoms with Gasteiger partial charge in [-0.1, -0.05) is 36.7 Å². The third kappa shape index (κ3) is 3.87. The number of pyridine rings is 1. The largest absolute Gasteiger partial charge is 0.508 e. The lowest BCUT2D eigenvalue weighted by Gasteiger charge is -2.40. The van der Waals surface area contributed by atoms with Gasteiger partial charge in [-0.3, -0.25) is 4.79 Å². The van der Waals surface area contributed by atoms with Gasteiger partial charge in [-0.05, 0) is 69.5 Å². The molecule has 1 aromatic heterocycles. The molecule has 5 nitrogen and oxygen atoms in total. The fourth-order valence-electron chi connectivity index (χ4n) is 4.18. The molecule has 0 fully saturated rings. The monoisotopic (exact) mass is 451 g/mol. The lowest BCUT2D eigenvalue weighted by Crippen LogP contribution is -2.49. The Kier molecular flexibility index (Phi) is 5.51. The molecule has 0 spiro atoms. The number of benzene rings is 2. The molecule has 6 heteroatoms. The van der Waals surface area contributed by atoms with Gasteiger partial charge >= 0.3 is 0 Å². The minimum absolute atomic E-state index is 0.0777. The number of aliphatic hydroxyl groups is 1. The zero-order valence-corrected chi connectivity index (χ0v) is 19.6. The highest BCUT2D eigenvalue weighted by Gasteiger charge is 2.47. The fraction of sp³-hybridized carbons (Fsp3) is 0.308. The van der Waals surface area contributed by atoms with Gasteiger partial charge in [0.1, 0.15) is 33.6 Å². The van der Waals surface area contributed by atoms with Crippen molar-refractivity contribution < 1.29 is 19.4 Å². The Morgan fingerprint density at radius 3 is 2.50 bits per heavy atom. The summed E-state index contributed by atoms with van der Waals surface area (Å²) in [6.45, 7) is 8.97. The van der Waals surface area contributed by atoms with Crippen molar-refractivity contribution in [1.82, 2.24) is 4.98 Å². The van der Waals surface area contributed by atoms with Gasteiger partial charge in [-0.2, -0.15) is 0 Å². The first-order chi connectivity index (χ1) is 15.0. The predicted octanol–water partition coefficient (Wildman–Crippen LogP) is 6.67. The number of halogens is 1. The number of carbonyl (C=O) groups is 1. The molecule has 1 aliphatic heterocycles. The fourth-order valence-corrected chi connectivity index (χ4v) is 4.37. The van der Waals surface area contributed by atoms with Gasteiger partial charge in [-0.25, -0.2) is 4.98 Å². The normalized spacial score (nSPS) is 17.6. The summed E-state index contributed by atoms with van der Waals surface area (Å²) >= 11 is 6.20. The van der Waals surface area contributed by atoms with E-state index in [2.05, 4.69) is 4.98 Å². The highest BCUT2D eigenvalue weighted by molar-refractivity contribution is 6.30. The summed E-state index contributed by atoms with van der Waals surface area (Å²) in [4.78, 5) is 17.6. The molecule has 0 aliphatic carbocycles. The molecule has 3 aromatic rings. The van der Waals surface area contributed by atoms with Crippen LogP contribution in [-0.4, -0.2) is 27.1 Å². The molecule has 0 saturated carbocycles. The van der Waals surface area contributed by atoms with Crippen molar-refractivity contribution in [3.8, 4) is 11.5 Å². The number of ether oxygens (including phenoxy) is 2. The van der Waals surface area contributed by atoms with Crippen LogP contribution in [-0.2, 0) is 16.0 Å². The van der Waals surface area contributed by atoms with E-state index in [1.165, 1.54) is 0 Å². The van der Waals surface area contributed by atoms with E-state index in [0.717, 1.165) is 16.5 Å². The summed E-state index contributed by atoms with van der Waals surface area (Å²) in [5, 5.41) is 12.1. The van der Waals surface area contributed by atoms with E-state index in [0.29, 0.717) is 28.6 Å². The average molecular weight is 452 g/mol. The zero-order chi connectivity index (χ0) is 23.3. The molecule has 32 heavy (non-hydrogen) atoms. The second-order valence-corrected chi connectivity index (χ2v) is 9.30. The molecule has 166 valence electrons. The van der Waals surface area contributed by atoms with Crippen molar-refractivity contribution in [2.75, 3.05) is 0 Å². The summed E-state index contributed by atoms with van der Waals surface area (Å²) in [5.41, 5.74) is 0.500. The number of ketones is 1. The Morgan fingerprint density at radius 2 is 1.78 bits per heavy atom. The van der Waals surface area contributed by atoms with E-state index in [1.807, 2.05) is 43.3 Å². The van der Waals surface area contributed by atoms with Crippen molar-refractivity contribution in [3.05, 3.63) is 70.6 Å². The number of aryl methyl sites for hydroxylation is 1. The van der Waals surface area contributed by atoms with Gasteiger partial charge in [0, 0.05) is 11.5 Å². The van der Waals surface area contributed by atoms with Gasteiger partial charge in [0.05, 0.1) is 11.1 Å². The van der Waals surface area contributed by atoms with Crippen LogP contribution in [0, 0.1) is 0 Å². The first-order valence-corrected chi connectivity index (χ1v) is 11.0. The number of para-hydroxylation sites is 1. The van der Waals surface area contributed by atoms with E-state index in [1.54, 1.807) is 39.8 Å². The molecule has 4 rings (SSSR count). The third-order valence-electron chi connectivity index (χ3n) is 5.70. The highest BCUT2D eigenvalue weighted by atomic mass is 35.5. The van der Waals surface area contributed by atoms with E-state index >= 15 is 0 Å². The number of rotatable bonds is 4. The number of nitrogens with zero attached hydrogens (tertiary/aromatic N) is 1. The Labute approximate surface area is 192 Å². The number of carbonyl (C=O) groups excluding carboxylic acids is 1. The lowest BCUT2D eigenvalue weighted by atomic mass is 9.81. The van der Waals surface area contributed by atoms with Crippen molar-refractivity contribution in [2.45, 2.75) is 52.2 Å². The Balaban J connectivity index is 1.86. The van der Waals surface area contributed by atoms with Crippen LogP contribution in [0.2, 0.25) is 5.15 Å². The van der Waals surface area contributed by atoms with Crippen LogP contribution in [0.25, 0.3) is 16.5 Å². The summed E-state index contributed by atoms with van der Waals surface area (Å²) in [7, 11) is 0. The minimum Gasteiger partial charge on any atom is -0.508 e. The Morgan fingerprint density at radius 1 is 1.06 bits per heavy atom. The quantitative estimate of drug-likeness (QED) is 0.448. The maximum Gasteiger partial charge on any atom is 0.198 e. The van der Waals surface area contributed by atoms with Crippen LogP contribution in [0.4, 0.5) is 0 Å². The molecule has 0 atom stereocenters. The minimum atomic E-state index is -1.07. The molecule has 0 bridgehead atoms. The van der Waals surface area contributed by atoms with Crippen LogP contribution in [0.15, 0.2) is 54.3 Å². The topological polar surface area (TPSA) is 68.7 Å². The van der Waals surface area contributed by atoms with Crippen LogP contribution in [0.1, 0.15) is 45.7 Å². The first kappa shape index (κ1) is 22.3. The smallest absolute Gasteiger partial charge is 0.198 e. The molecule has 0 unspecified atom stereocenters. The molecule has 0 saturated heterocycles. The van der Waals surface area contributed by atoms with Crippen molar-refractivity contribution in [3.63, 3.8) is 0 Å². The summed E-state index contributed by atoms with van der Waals surface area (Å²) < 4.78 is 12.1. The van der Waals surface area contributed by atoms with E-state index in [4.69, 9.17) is 21.1 Å². The number of fused-ring (bicyclic) bond motifs is 1. The number of aliphatic hydroxyl groups excluding tert-OH is 1. The van der Waals surface area contributed by atoms with Crippen LogP contribution in [0.3, 0.4) is 0 Å². The number of Topliss-reactive ketones (excluding diaryl/α,β-unsaturated/α-hetero) is 1. The van der Waals surface area contributed by atoms with Crippen LogP contribution < -0.4 is 4.74 Å². The van der Waals surface area contributed by atoms with Gasteiger partial charge in [0.15, 0.2) is 5.78 Å². The van der Waals surface area contributed by atoms with Crippen molar-refractivity contribution in [1.29, 1.82) is 0 Å². The lowest BCUT2D eigenvalue weighted by molar-refractivity contribution is -0.158. The highest BCUT2D eigenvalue weighted by Crippen LogP contribution is 2.42. The molecule has 1 N–H and O–H groups in total. The predicted molar refractivity (Wildman–Crippen MR) is 126 cm³/mol. The average Bonchev–Trinajstić information content (AvgIpc) is 2.72. The van der Waals surface area contributed by atoms with Crippen molar-refractivity contribution in [2.24, 2.45) is 0 Å². The molecule has 2 aromatic carbocycles. The second-order valence-electron chi connectivity index (χ2n) is 8.91. The number of aromatic nitrogens is 1. The standard InChI is InChI=1S/C26H26ClNO4/c1-6-15-11-12-16(31-20-14-21(27)28-19-10-8-7-9-17(19)20)13-18(15)22-23(29)25(2,3)32-26(4,5)24(22)30/h7-14,29H,6H2,1-5H3. The van der Waals surface area contributed by atoms with E-state index in [-0.39, 0.29) is 17.1 Å². The van der Waals surface area contributed by atoms with Crippen molar-refractivity contribution >= 4 is 33.9 Å². The summed E-state index contributed by atoms with van der Waals surface area (Å²) in [6, 6.07) is 14.8. The van der Waals surface area contributed by atoms with Crippen LogP contribution in [0.5, 0.6) is 11.5 Å².